The Labute approximate surface area is 165 Å². The van der Waals surface area contributed by atoms with E-state index in [0.717, 1.165) is 34.8 Å². The molecule has 0 saturated carbocycles. The van der Waals surface area contributed by atoms with Gasteiger partial charge in [0.2, 0.25) is 0 Å². The summed E-state index contributed by atoms with van der Waals surface area (Å²) >= 11 is 0. The molecule has 1 N–H and O–H groups in total. The highest BCUT2D eigenvalue weighted by atomic mass is 16.5. The number of carbonyl (C=O) groups excluding carboxylic acids is 1. The molecule has 2 aromatic carbocycles. The molecule has 1 aliphatic rings. The van der Waals surface area contributed by atoms with Crippen LogP contribution in [0.5, 0.6) is 5.75 Å². The number of carbonyl (C=O) groups is 1. The molecule has 0 fully saturated rings. The number of nitrogens with one attached hydrogen (secondary N) is 1. The van der Waals surface area contributed by atoms with E-state index in [9.17, 15) is 4.79 Å². The highest BCUT2D eigenvalue weighted by molar-refractivity contribution is 5.90. The molecule has 0 spiro atoms. The van der Waals surface area contributed by atoms with E-state index in [4.69, 9.17) is 4.74 Å². The predicted octanol–water partition coefficient (Wildman–Crippen LogP) is 4.75. The molecule has 5 heteroatoms. The van der Waals surface area contributed by atoms with Gasteiger partial charge in [0.15, 0.2) is 0 Å². The lowest BCUT2D eigenvalue weighted by atomic mass is 10.00. The summed E-state index contributed by atoms with van der Waals surface area (Å²) in [5.74, 6) is 0.807. The normalized spacial score (nSPS) is 15.8. The molecule has 4 rings (SSSR count). The van der Waals surface area contributed by atoms with Crippen LogP contribution in [0.4, 0.5) is 10.5 Å². The molecule has 1 aliphatic heterocycles. The minimum atomic E-state index is -0.138. The standard InChI is InChI=1S/C23H25N3O2/c1-16-6-9-19(15-17(16)2)24-23(27)26-14-13-25-12-4-5-21(25)22(26)18-7-10-20(28-3)11-8-18/h4-12,15,22H,13-14H2,1-3H3,(H,24,27)/t22-/m0/s1. The Morgan fingerprint density at radius 1 is 1.04 bits per heavy atom. The van der Waals surface area contributed by atoms with Crippen molar-refractivity contribution >= 4 is 11.7 Å². The topological polar surface area (TPSA) is 46.5 Å². The molecular weight excluding hydrogens is 350 g/mol. The van der Waals surface area contributed by atoms with Gasteiger partial charge in [-0.3, -0.25) is 0 Å². The molecule has 0 saturated heterocycles. The van der Waals surface area contributed by atoms with Crippen LogP contribution in [0, 0.1) is 13.8 Å². The van der Waals surface area contributed by atoms with Gasteiger partial charge < -0.3 is 19.5 Å². The quantitative estimate of drug-likeness (QED) is 0.718. The number of ether oxygens (including phenoxy) is 1. The van der Waals surface area contributed by atoms with Crippen LogP contribution in [0.3, 0.4) is 0 Å². The molecule has 2 amide bonds. The molecule has 0 unspecified atom stereocenters. The van der Waals surface area contributed by atoms with Crippen LogP contribution < -0.4 is 10.1 Å². The first-order valence-electron chi connectivity index (χ1n) is 9.50. The number of hydrogen-bond donors (Lipinski definition) is 1. The predicted molar refractivity (Wildman–Crippen MR) is 111 cm³/mol. The van der Waals surface area contributed by atoms with Crippen molar-refractivity contribution in [2.75, 3.05) is 19.0 Å². The summed E-state index contributed by atoms with van der Waals surface area (Å²) in [7, 11) is 1.66. The Bertz CT molecular complexity index is 991. The van der Waals surface area contributed by atoms with Gasteiger partial charge in [-0.25, -0.2) is 4.79 Å². The third kappa shape index (κ3) is 3.36. The van der Waals surface area contributed by atoms with Crippen LogP contribution in [-0.4, -0.2) is 29.2 Å². The van der Waals surface area contributed by atoms with Crippen LogP contribution in [0.15, 0.2) is 60.8 Å². The number of benzene rings is 2. The van der Waals surface area contributed by atoms with Gasteiger partial charge in [0.05, 0.1) is 13.2 Å². The highest BCUT2D eigenvalue weighted by Gasteiger charge is 2.32. The number of rotatable bonds is 3. The van der Waals surface area contributed by atoms with E-state index in [1.54, 1.807) is 7.11 Å². The second kappa shape index (κ2) is 7.43. The van der Waals surface area contributed by atoms with Crippen LogP contribution >= 0.6 is 0 Å². The maximum Gasteiger partial charge on any atom is 0.322 e. The maximum atomic E-state index is 13.2. The van der Waals surface area contributed by atoms with Crippen molar-refractivity contribution in [2.45, 2.75) is 26.4 Å². The van der Waals surface area contributed by atoms with E-state index in [2.05, 4.69) is 36.0 Å². The summed E-state index contributed by atoms with van der Waals surface area (Å²) in [4.78, 5) is 15.1. The maximum absolute atomic E-state index is 13.2. The lowest BCUT2D eigenvalue weighted by Gasteiger charge is -2.37. The van der Waals surface area contributed by atoms with Crippen LogP contribution in [0.25, 0.3) is 0 Å². The fourth-order valence-corrected chi connectivity index (χ4v) is 3.75. The zero-order chi connectivity index (χ0) is 19.7. The van der Waals surface area contributed by atoms with Crippen molar-refractivity contribution < 1.29 is 9.53 Å². The molecule has 3 aromatic rings. The van der Waals surface area contributed by atoms with Gasteiger partial charge in [-0.15, -0.1) is 0 Å². The molecular formula is C23H25N3O2. The summed E-state index contributed by atoms with van der Waals surface area (Å²) in [6, 6.07) is 17.8. The number of nitrogens with zero attached hydrogens (tertiary/aromatic N) is 2. The smallest absolute Gasteiger partial charge is 0.322 e. The fourth-order valence-electron chi connectivity index (χ4n) is 3.75. The van der Waals surface area contributed by atoms with Crippen molar-refractivity contribution in [3.63, 3.8) is 0 Å². The van der Waals surface area contributed by atoms with Gasteiger partial charge in [-0.1, -0.05) is 18.2 Å². The number of urea groups is 1. The molecule has 5 nitrogen and oxygen atoms in total. The largest absolute Gasteiger partial charge is 0.497 e. The molecule has 1 atom stereocenters. The molecule has 1 aromatic heterocycles. The second-order valence-corrected chi connectivity index (χ2v) is 7.22. The third-order valence-electron chi connectivity index (χ3n) is 5.49. The van der Waals surface area contributed by atoms with Gasteiger partial charge in [0, 0.05) is 30.7 Å². The second-order valence-electron chi connectivity index (χ2n) is 7.22. The zero-order valence-electron chi connectivity index (χ0n) is 16.5. The number of aryl methyl sites for hydroxylation is 2. The molecule has 0 aliphatic carbocycles. The summed E-state index contributed by atoms with van der Waals surface area (Å²) in [5.41, 5.74) is 5.38. The van der Waals surface area contributed by atoms with Gasteiger partial charge in [-0.05, 0) is 66.9 Å². The average molecular weight is 375 g/mol. The lowest BCUT2D eigenvalue weighted by Crippen LogP contribution is -2.44. The molecule has 0 radical (unpaired) electrons. The molecule has 2 heterocycles. The van der Waals surface area contributed by atoms with Gasteiger partial charge in [-0.2, -0.15) is 0 Å². The number of fused-ring (bicyclic) bond motifs is 1. The van der Waals surface area contributed by atoms with Crippen molar-refractivity contribution in [3.8, 4) is 5.75 Å². The summed E-state index contributed by atoms with van der Waals surface area (Å²) in [5, 5.41) is 3.08. The van der Waals surface area contributed by atoms with Crippen molar-refractivity contribution in [1.82, 2.24) is 9.47 Å². The van der Waals surface area contributed by atoms with Crippen molar-refractivity contribution in [2.24, 2.45) is 0 Å². The SMILES string of the molecule is COc1ccc([C@H]2c3cccn3CCN2C(=O)Nc2ccc(C)c(C)c2)cc1. The first kappa shape index (κ1) is 18.2. The minimum absolute atomic E-state index is 0.0866. The van der Waals surface area contributed by atoms with Crippen LogP contribution in [-0.2, 0) is 6.54 Å². The fraction of sp³-hybridized carbons (Fsp3) is 0.261. The Kier molecular flexibility index (Phi) is 4.82. The number of amides is 2. The Hall–Kier alpha value is -3.21. The van der Waals surface area contributed by atoms with Crippen LogP contribution in [0.1, 0.15) is 28.4 Å². The Balaban J connectivity index is 1.65. The minimum Gasteiger partial charge on any atom is -0.497 e. The van der Waals surface area contributed by atoms with E-state index >= 15 is 0 Å². The van der Waals surface area contributed by atoms with E-state index in [-0.39, 0.29) is 12.1 Å². The van der Waals surface area contributed by atoms with E-state index < -0.39 is 0 Å². The molecule has 28 heavy (non-hydrogen) atoms. The Morgan fingerprint density at radius 2 is 1.82 bits per heavy atom. The van der Waals surface area contributed by atoms with Gasteiger partial charge in [0.1, 0.15) is 5.75 Å². The average Bonchev–Trinajstić information content (AvgIpc) is 3.19. The third-order valence-corrected chi connectivity index (χ3v) is 5.49. The van der Waals surface area contributed by atoms with Crippen LogP contribution in [0.2, 0.25) is 0 Å². The van der Waals surface area contributed by atoms with Gasteiger partial charge in [0.25, 0.3) is 0 Å². The number of methoxy groups -OCH3 is 1. The monoisotopic (exact) mass is 375 g/mol. The van der Waals surface area contributed by atoms with E-state index in [1.807, 2.05) is 53.4 Å². The summed E-state index contributed by atoms with van der Waals surface area (Å²) in [6.45, 7) is 5.56. The number of aromatic nitrogens is 1. The zero-order valence-corrected chi connectivity index (χ0v) is 16.5. The highest BCUT2D eigenvalue weighted by Crippen LogP contribution is 2.33. The summed E-state index contributed by atoms with van der Waals surface area (Å²) in [6.07, 6.45) is 2.07. The first-order valence-corrected chi connectivity index (χ1v) is 9.50. The van der Waals surface area contributed by atoms with E-state index in [0.29, 0.717) is 6.54 Å². The van der Waals surface area contributed by atoms with Gasteiger partial charge >= 0.3 is 6.03 Å². The number of anilines is 1. The summed E-state index contributed by atoms with van der Waals surface area (Å²) < 4.78 is 7.50. The molecule has 144 valence electrons. The number of hydrogen-bond acceptors (Lipinski definition) is 2. The van der Waals surface area contributed by atoms with Crippen molar-refractivity contribution in [1.29, 1.82) is 0 Å². The lowest BCUT2D eigenvalue weighted by molar-refractivity contribution is 0.182. The molecule has 0 bridgehead atoms. The van der Waals surface area contributed by atoms with Crippen molar-refractivity contribution in [3.05, 3.63) is 83.2 Å². The first-order chi connectivity index (χ1) is 13.6. The Morgan fingerprint density at radius 3 is 2.54 bits per heavy atom. The van der Waals surface area contributed by atoms with E-state index in [1.165, 1.54) is 5.56 Å².